The van der Waals surface area contributed by atoms with E-state index in [1.807, 2.05) is 43.3 Å². The van der Waals surface area contributed by atoms with Crippen molar-refractivity contribution in [1.82, 2.24) is 9.97 Å². The molecule has 0 spiro atoms. The standard InChI is InChI=1S/C28H29N5O4S/c1-28(2)13-20-23(21(34)14-28)22(17-7-11-18(12-8-17)32(3)4)24-25(29-20)30-27(31-26(24)35)38-15-16-5-9-19(10-6-16)33(36)37/h5-12,22H,13-15H2,1-4H3,(H2,29,30,31,35). The number of carbonyl (C=O) groups is 1. The Morgan fingerprint density at radius 3 is 2.39 bits per heavy atom. The lowest BCUT2D eigenvalue weighted by molar-refractivity contribution is -0.384. The first-order chi connectivity index (χ1) is 18.0. The van der Waals surface area contributed by atoms with Crippen LogP contribution in [0.25, 0.3) is 0 Å². The van der Waals surface area contributed by atoms with Gasteiger partial charge in [-0.1, -0.05) is 49.9 Å². The Kier molecular flexibility index (Phi) is 6.60. The number of non-ortho nitro benzene ring substituents is 1. The molecule has 0 amide bonds. The van der Waals surface area contributed by atoms with Crippen LogP contribution in [0.4, 0.5) is 17.2 Å². The predicted molar refractivity (Wildman–Crippen MR) is 149 cm³/mol. The summed E-state index contributed by atoms with van der Waals surface area (Å²) in [5.41, 5.74) is 4.22. The van der Waals surface area contributed by atoms with Crippen LogP contribution in [0.3, 0.4) is 0 Å². The second-order valence-electron chi connectivity index (χ2n) is 10.7. The quantitative estimate of drug-likeness (QED) is 0.192. The van der Waals surface area contributed by atoms with E-state index in [1.165, 1.54) is 23.9 Å². The molecular weight excluding hydrogens is 502 g/mol. The predicted octanol–water partition coefficient (Wildman–Crippen LogP) is 5.24. The van der Waals surface area contributed by atoms with E-state index >= 15 is 0 Å². The smallest absolute Gasteiger partial charge is 0.269 e. The molecule has 0 bridgehead atoms. The zero-order valence-corrected chi connectivity index (χ0v) is 22.5. The van der Waals surface area contributed by atoms with Crippen molar-refractivity contribution < 1.29 is 9.72 Å². The molecule has 196 valence electrons. The van der Waals surface area contributed by atoms with Crippen molar-refractivity contribution in [3.05, 3.63) is 97.0 Å². The minimum atomic E-state index is -0.508. The maximum Gasteiger partial charge on any atom is 0.269 e. The molecule has 1 atom stereocenters. The average Bonchev–Trinajstić information content (AvgIpc) is 2.85. The first-order valence-corrected chi connectivity index (χ1v) is 13.3. The number of nitrogens with zero attached hydrogens (tertiary/aromatic N) is 3. The third-order valence-corrected chi connectivity index (χ3v) is 7.91. The Bertz CT molecular complexity index is 1510. The number of aromatic amines is 1. The topological polar surface area (TPSA) is 121 Å². The summed E-state index contributed by atoms with van der Waals surface area (Å²) in [5, 5.41) is 14.7. The summed E-state index contributed by atoms with van der Waals surface area (Å²) in [4.78, 5) is 47.1. The van der Waals surface area contributed by atoms with Gasteiger partial charge in [0, 0.05) is 61.3 Å². The van der Waals surface area contributed by atoms with Crippen molar-refractivity contribution in [3.63, 3.8) is 0 Å². The monoisotopic (exact) mass is 531 g/mol. The SMILES string of the molecule is CN(C)c1ccc(C2C3=C(CC(C)(C)CC3=O)Nc3nc(SCc4ccc([N+](=O)[O-])cc4)[nH]c(=O)c32)cc1. The molecule has 2 aromatic carbocycles. The van der Waals surface area contributed by atoms with Crippen LogP contribution in [0.15, 0.2) is 69.8 Å². The molecule has 9 nitrogen and oxygen atoms in total. The van der Waals surface area contributed by atoms with E-state index < -0.39 is 10.8 Å². The molecule has 0 saturated carbocycles. The summed E-state index contributed by atoms with van der Waals surface area (Å²) >= 11 is 1.34. The van der Waals surface area contributed by atoms with E-state index in [-0.39, 0.29) is 22.4 Å². The highest BCUT2D eigenvalue weighted by Crippen LogP contribution is 2.47. The van der Waals surface area contributed by atoms with Gasteiger partial charge in [-0.25, -0.2) is 4.98 Å². The highest BCUT2D eigenvalue weighted by atomic mass is 32.2. The number of H-pyrrole nitrogens is 1. The number of ketones is 1. The molecule has 2 N–H and O–H groups in total. The summed E-state index contributed by atoms with van der Waals surface area (Å²) in [5.74, 6) is 0.484. The third kappa shape index (κ3) is 4.96. The van der Waals surface area contributed by atoms with Gasteiger partial charge in [0.15, 0.2) is 10.9 Å². The number of anilines is 2. The number of carbonyl (C=O) groups excluding carboxylic acids is 1. The van der Waals surface area contributed by atoms with Crippen LogP contribution < -0.4 is 15.8 Å². The summed E-state index contributed by atoms with van der Waals surface area (Å²) in [6.45, 7) is 4.15. The average molecular weight is 532 g/mol. The van der Waals surface area contributed by atoms with Gasteiger partial charge in [0.05, 0.1) is 10.5 Å². The molecule has 0 saturated heterocycles. The number of hydrogen-bond donors (Lipinski definition) is 2. The van der Waals surface area contributed by atoms with E-state index in [4.69, 9.17) is 4.98 Å². The molecule has 1 unspecified atom stereocenters. The Morgan fingerprint density at radius 2 is 1.76 bits per heavy atom. The van der Waals surface area contributed by atoms with Gasteiger partial charge in [0.25, 0.3) is 11.2 Å². The molecular formula is C28H29N5O4S. The van der Waals surface area contributed by atoms with Crippen LogP contribution in [0, 0.1) is 15.5 Å². The number of hydrogen-bond acceptors (Lipinski definition) is 8. The van der Waals surface area contributed by atoms with Gasteiger partial charge in [-0.15, -0.1) is 0 Å². The molecule has 38 heavy (non-hydrogen) atoms. The maximum atomic E-state index is 13.5. The van der Waals surface area contributed by atoms with Crippen LogP contribution in [-0.4, -0.2) is 34.8 Å². The molecule has 2 aliphatic rings. The van der Waals surface area contributed by atoms with Crippen LogP contribution in [0.5, 0.6) is 0 Å². The minimum absolute atomic E-state index is 0.0296. The van der Waals surface area contributed by atoms with E-state index in [2.05, 4.69) is 24.1 Å². The molecule has 0 fully saturated rings. The summed E-state index contributed by atoms with van der Waals surface area (Å²) < 4.78 is 0. The fourth-order valence-corrected chi connectivity index (χ4v) is 5.94. The number of nitrogens with one attached hydrogen (secondary N) is 2. The number of allylic oxidation sites excluding steroid dienone is 2. The van der Waals surface area contributed by atoms with Gasteiger partial charge in [-0.3, -0.25) is 19.7 Å². The lowest BCUT2D eigenvalue weighted by atomic mass is 9.69. The van der Waals surface area contributed by atoms with Crippen LogP contribution in [0.2, 0.25) is 0 Å². The zero-order chi connectivity index (χ0) is 27.2. The van der Waals surface area contributed by atoms with Crippen molar-refractivity contribution >= 4 is 34.7 Å². The second kappa shape index (κ2) is 9.75. The van der Waals surface area contributed by atoms with E-state index in [1.54, 1.807) is 12.1 Å². The van der Waals surface area contributed by atoms with E-state index in [0.717, 1.165) is 22.5 Å². The van der Waals surface area contributed by atoms with Crippen molar-refractivity contribution in [2.24, 2.45) is 5.41 Å². The molecule has 2 heterocycles. The Hall–Kier alpha value is -3.92. The third-order valence-electron chi connectivity index (χ3n) is 6.97. The molecule has 1 aromatic heterocycles. The van der Waals surface area contributed by atoms with Crippen LogP contribution in [-0.2, 0) is 10.5 Å². The normalized spacial score (nSPS) is 17.9. The molecule has 0 radical (unpaired) electrons. The van der Waals surface area contributed by atoms with Crippen LogP contribution >= 0.6 is 11.8 Å². The number of nitro benzene ring substituents is 1. The van der Waals surface area contributed by atoms with Gasteiger partial charge in [0.1, 0.15) is 5.82 Å². The van der Waals surface area contributed by atoms with Crippen molar-refractivity contribution in [3.8, 4) is 0 Å². The Balaban J connectivity index is 1.53. The summed E-state index contributed by atoms with van der Waals surface area (Å²) in [7, 11) is 3.93. The number of aromatic nitrogens is 2. The van der Waals surface area contributed by atoms with E-state index in [0.29, 0.717) is 40.7 Å². The number of benzene rings is 2. The number of fused-ring (bicyclic) bond motifs is 1. The first kappa shape index (κ1) is 25.7. The minimum Gasteiger partial charge on any atom is -0.378 e. The number of rotatable bonds is 6. The number of thioether (sulfide) groups is 1. The van der Waals surface area contributed by atoms with Gasteiger partial charge < -0.3 is 15.2 Å². The zero-order valence-electron chi connectivity index (χ0n) is 21.7. The fraction of sp³-hybridized carbons (Fsp3) is 0.321. The largest absolute Gasteiger partial charge is 0.378 e. The lowest BCUT2D eigenvalue weighted by Gasteiger charge is -2.38. The van der Waals surface area contributed by atoms with Crippen molar-refractivity contribution in [2.75, 3.05) is 24.3 Å². The molecule has 3 aromatic rings. The number of nitro groups is 1. The highest BCUT2D eigenvalue weighted by molar-refractivity contribution is 7.98. The summed E-state index contributed by atoms with van der Waals surface area (Å²) in [6.07, 6.45) is 1.10. The molecule has 10 heteroatoms. The van der Waals surface area contributed by atoms with Gasteiger partial charge in [-0.2, -0.15) is 0 Å². The highest BCUT2D eigenvalue weighted by Gasteiger charge is 2.42. The maximum absolute atomic E-state index is 13.5. The van der Waals surface area contributed by atoms with Gasteiger partial charge in [-0.05, 0) is 35.1 Å². The Labute approximate surface area is 224 Å². The molecule has 5 rings (SSSR count). The fourth-order valence-electron chi connectivity index (χ4n) is 5.13. The lowest BCUT2D eigenvalue weighted by Crippen LogP contribution is -2.37. The molecule has 1 aliphatic carbocycles. The first-order valence-electron chi connectivity index (χ1n) is 12.3. The van der Waals surface area contributed by atoms with Gasteiger partial charge >= 0.3 is 0 Å². The Morgan fingerprint density at radius 1 is 1.08 bits per heavy atom. The molecule has 1 aliphatic heterocycles. The van der Waals surface area contributed by atoms with Crippen molar-refractivity contribution in [1.29, 1.82) is 0 Å². The van der Waals surface area contributed by atoms with E-state index in [9.17, 15) is 19.7 Å². The van der Waals surface area contributed by atoms with Crippen LogP contribution in [0.1, 0.15) is 49.3 Å². The van der Waals surface area contributed by atoms with Crippen molar-refractivity contribution in [2.45, 2.75) is 43.5 Å². The van der Waals surface area contributed by atoms with Gasteiger partial charge in [0.2, 0.25) is 0 Å². The second-order valence-corrected chi connectivity index (χ2v) is 11.7. The summed E-state index contributed by atoms with van der Waals surface area (Å²) in [6, 6.07) is 14.2. The number of Topliss-reactive ketones (excluding diaryl/α,β-unsaturated/α-hetero) is 1.